The zero-order valence-corrected chi connectivity index (χ0v) is 15.7. The van der Waals surface area contributed by atoms with Gasteiger partial charge >= 0.3 is 0 Å². The summed E-state index contributed by atoms with van der Waals surface area (Å²) in [5.74, 6) is 0.264. The second-order valence-electron chi connectivity index (χ2n) is 6.15. The molecule has 0 N–H and O–H groups in total. The number of nitrogens with zero attached hydrogens (tertiary/aromatic N) is 2. The van der Waals surface area contributed by atoms with E-state index in [-0.39, 0.29) is 12.4 Å². The zero-order chi connectivity index (χ0) is 18.8. The molecule has 0 aliphatic carbocycles. The van der Waals surface area contributed by atoms with Crippen LogP contribution >= 0.6 is 23.2 Å². The van der Waals surface area contributed by atoms with E-state index in [1.54, 1.807) is 30.5 Å². The summed E-state index contributed by atoms with van der Waals surface area (Å²) in [6.07, 6.45) is 5.58. The summed E-state index contributed by atoms with van der Waals surface area (Å²) in [6.45, 7) is 0.666. The second-order valence-corrected chi connectivity index (χ2v) is 7.03. The van der Waals surface area contributed by atoms with Crippen molar-refractivity contribution in [1.29, 1.82) is 0 Å². The summed E-state index contributed by atoms with van der Waals surface area (Å²) in [7, 11) is 0. The predicted molar refractivity (Wildman–Crippen MR) is 106 cm³/mol. The standard InChI is InChI=1S/C21H15Cl2FN2O/c22-17-3-4-21(27-13-15-1-2-18(23)10-19(15)24)16(9-17)12-26-8-6-14-5-7-25-11-20(14)26/h1-11H,12-13H2. The summed E-state index contributed by atoms with van der Waals surface area (Å²) >= 11 is 12.0. The maximum atomic E-state index is 14.0. The summed E-state index contributed by atoms with van der Waals surface area (Å²) in [5, 5.41) is 2.08. The van der Waals surface area contributed by atoms with Crippen molar-refractivity contribution in [2.75, 3.05) is 0 Å². The molecule has 0 fully saturated rings. The molecule has 27 heavy (non-hydrogen) atoms. The Kier molecular flexibility index (Phi) is 5.01. The molecule has 0 unspecified atom stereocenters. The lowest BCUT2D eigenvalue weighted by Crippen LogP contribution is -2.04. The van der Waals surface area contributed by atoms with Gasteiger partial charge in [0.1, 0.15) is 18.2 Å². The van der Waals surface area contributed by atoms with Crippen molar-refractivity contribution in [2.45, 2.75) is 13.2 Å². The average Bonchev–Trinajstić information content (AvgIpc) is 3.05. The number of hydrogen-bond acceptors (Lipinski definition) is 2. The number of benzene rings is 2. The Morgan fingerprint density at radius 1 is 0.963 bits per heavy atom. The highest BCUT2D eigenvalue weighted by Crippen LogP contribution is 2.27. The summed E-state index contributed by atoms with van der Waals surface area (Å²) in [6, 6.07) is 14.0. The lowest BCUT2D eigenvalue weighted by Gasteiger charge is -2.14. The van der Waals surface area contributed by atoms with Crippen molar-refractivity contribution in [3.05, 3.63) is 94.1 Å². The molecule has 0 amide bonds. The Morgan fingerprint density at radius 3 is 2.63 bits per heavy atom. The van der Waals surface area contributed by atoms with Gasteiger partial charge in [-0.1, -0.05) is 29.3 Å². The van der Waals surface area contributed by atoms with Crippen LogP contribution in [0.3, 0.4) is 0 Å². The normalized spacial score (nSPS) is 11.1. The molecule has 2 aromatic heterocycles. The monoisotopic (exact) mass is 400 g/mol. The molecule has 0 saturated heterocycles. The van der Waals surface area contributed by atoms with Crippen molar-refractivity contribution in [3.8, 4) is 5.75 Å². The van der Waals surface area contributed by atoms with Crippen LogP contribution in [0, 0.1) is 5.82 Å². The average molecular weight is 401 g/mol. The minimum atomic E-state index is -0.388. The van der Waals surface area contributed by atoms with Gasteiger partial charge in [-0.15, -0.1) is 0 Å². The number of halogens is 3. The van der Waals surface area contributed by atoms with Crippen molar-refractivity contribution >= 4 is 34.1 Å². The molecule has 4 rings (SSSR count). The van der Waals surface area contributed by atoms with Crippen molar-refractivity contribution in [3.63, 3.8) is 0 Å². The summed E-state index contributed by atoms with van der Waals surface area (Å²) in [4.78, 5) is 4.19. The van der Waals surface area contributed by atoms with Crippen molar-refractivity contribution < 1.29 is 9.13 Å². The first-order chi connectivity index (χ1) is 13.1. The Hall–Kier alpha value is -2.56. The van der Waals surface area contributed by atoms with Crippen LogP contribution in [-0.4, -0.2) is 9.55 Å². The van der Waals surface area contributed by atoms with E-state index in [1.165, 1.54) is 6.07 Å². The van der Waals surface area contributed by atoms with E-state index in [1.807, 2.05) is 30.6 Å². The number of aromatic nitrogens is 2. The number of rotatable bonds is 5. The fraction of sp³-hybridized carbons (Fsp3) is 0.0952. The van der Waals surface area contributed by atoms with E-state index < -0.39 is 0 Å². The summed E-state index contributed by atoms with van der Waals surface area (Å²) < 4.78 is 22.0. The molecule has 2 heterocycles. The number of fused-ring (bicyclic) bond motifs is 1. The molecule has 136 valence electrons. The van der Waals surface area contributed by atoms with Crippen molar-refractivity contribution in [2.24, 2.45) is 0 Å². The smallest absolute Gasteiger partial charge is 0.131 e. The third-order valence-corrected chi connectivity index (χ3v) is 4.81. The number of hydrogen-bond donors (Lipinski definition) is 0. The maximum absolute atomic E-state index is 14.0. The van der Waals surface area contributed by atoms with Crippen LogP contribution in [0.2, 0.25) is 10.0 Å². The molecule has 4 aromatic rings. The molecule has 0 saturated carbocycles. The van der Waals surface area contributed by atoms with Gasteiger partial charge < -0.3 is 9.30 Å². The van der Waals surface area contributed by atoms with Gasteiger partial charge in [0.2, 0.25) is 0 Å². The Labute approximate surface area is 165 Å². The van der Waals surface area contributed by atoms with Crippen LogP contribution in [0.15, 0.2) is 67.1 Å². The van der Waals surface area contributed by atoms with Crippen LogP contribution in [-0.2, 0) is 13.2 Å². The quantitative estimate of drug-likeness (QED) is 0.404. The largest absolute Gasteiger partial charge is 0.488 e. The van der Waals surface area contributed by atoms with Gasteiger partial charge in [0.05, 0.1) is 18.3 Å². The highest BCUT2D eigenvalue weighted by atomic mass is 35.5. The molecule has 6 heteroatoms. The van der Waals surface area contributed by atoms with E-state index in [0.717, 1.165) is 16.5 Å². The lowest BCUT2D eigenvalue weighted by molar-refractivity contribution is 0.296. The Bertz CT molecular complexity index is 1110. The lowest BCUT2D eigenvalue weighted by atomic mass is 10.2. The fourth-order valence-electron chi connectivity index (χ4n) is 2.96. The number of ether oxygens (including phenoxy) is 1. The highest BCUT2D eigenvalue weighted by Gasteiger charge is 2.10. The fourth-order valence-corrected chi connectivity index (χ4v) is 3.31. The molecule has 0 spiro atoms. The van der Waals surface area contributed by atoms with E-state index in [0.29, 0.717) is 27.9 Å². The molecular weight excluding hydrogens is 386 g/mol. The minimum absolute atomic E-state index is 0.103. The molecule has 0 bridgehead atoms. The first-order valence-corrected chi connectivity index (χ1v) is 9.10. The van der Waals surface area contributed by atoms with E-state index in [9.17, 15) is 4.39 Å². The third kappa shape index (κ3) is 3.92. The molecule has 0 atom stereocenters. The molecule has 2 aromatic carbocycles. The van der Waals surface area contributed by atoms with Gasteiger partial charge in [0.15, 0.2) is 0 Å². The Balaban J connectivity index is 1.60. The van der Waals surface area contributed by atoms with Gasteiger partial charge in [-0.05, 0) is 42.5 Å². The SMILES string of the molecule is Fc1cc(Cl)ccc1COc1ccc(Cl)cc1Cn1ccc2ccncc21. The maximum Gasteiger partial charge on any atom is 0.131 e. The predicted octanol–water partition coefficient (Wildman–Crippen LogP) is 6.11. The van der Waals surface area contributed by atoms with E-state index in [4.69, 9.17) is 27.9 Å². The van der Waals surface area contributed by atoms with Gasteiger partial charge in [0, 0.05) is 39.0 Å². The van der Waals surface area contributed by atoms with Crippen LogP contribution in [0.4, 0.5) is 4.39 Å². The van der Waals surface area contributed by atoms with Crippen LogP contribution in [0.25, 0.3) is 10.9 Å². The zero-order valence-electron chi connectivity index (χ0n) is 14.2. The first-order valence-electron chi connectivity index (χ1n) is 8.34. The van der Waals surface area contributed by atoms with Crippen LogP contribution in [0.5, 0.6) is 5.75 Å². The molecule has 0 radical (unpaired) electrons. The van der Waals surface area contributed by atoms with Gasteiger partial charge in [0.25, 0.3) is 0 Å². The van der Waals surface area contributed by atoms with Gasteiger partial charge in [-0.2, -0.15) is 0 Å². The second kappa shape index (κ2) is 7.59. The molecular formula is C21H15Cl2FN2O. The molecule has 3 nitrogen and oxygen atoms in total. The minimum Gasteiger partial charge on any atom is -0.488 e. The summed E-state index contributed by atoms with van der Waals surface area (Å²) in [5.41, 5.74) is 2.36. The first kappa shape index (κ1) is 17.8. The van der Waals surface area contributed by atoms with Gasteiger partial charge in [-0.3, -0.25) is 4.98 Å². The van der Waals surface area contributed by atoms with E-state index >= 15 is 0 Å². The molecule has 0 aliphatic rings. The van der Waals surface area contributed by atoms with Crippen molar-refractivity contribution in [1.82, 2.24) is 9.55 Å². The topological polar surface area (TPSA) is 27.1 Å². The highest BCUT2D eigenvalue weighted by molar-refractivity contribution is 6.30. The van der Waals surface area contributed by atoms with Gasteiger partial charge in [-0.25, -0.2) is 4.39 Å². The van der Waals surface area contributed by atoms with E-state index in [2.05, 4.69) is 9.55 Å². The Morgan fingerprint density at radius 2 is 1.78 bits per heavy atom. The third-order valence-electron chi connectivity index (χ3n) is 4.34. The number of pyridine rings is 1. The molecule has 0 aliphatic heterocycles. The van der Waals surface area contributed by atoms with Crippen LogP contribution < -0.4 is 4.74 Å². The van der Waals surface area contributed by atoms with Crippen LogP contribution in [0.1, 0.15) is 11.1 Å².